The van der Waals surface area contributed by atoms with Gasteiger partial charge < -0.3 is 9.84 Å². The molecule has 3 aromatic rings. The number of pyridine rings is 1. The van der Waals surface area contributed by atoms with Crippen LogP contribution in [0.3, 0.4) is 0 Å². The van der Waals surface area contributed by atoms with Gasteiger partial charge >= 0.3 is 0 Å². The van der Waals surface area contributed by atoms with Crippen molar-refractivity contribution in [2.45, 2.75) is 6.92 Å². The standard InChI is InChI=1S/C15H13NO2/c1-9-14(17)7-12-10-5-3-4-6-11(10)15(18-2)8-13(12)16-9/h3-8,17H,1-2H3. The third-order valence-electron chi connectivity index (χ3n) is 3.19. The fourth-order valence-electron chi connectivity index (χ4n) is 2.24. The maximum atomic E-state index is 9.81. The summed E-state index contributed by atoms with van der Waals surface area (Å²) in [5.41, 5.74) is 1.46. The van der Waals surface area contributed by atoms with Crippen molar-refractivity contribution in [3.05, 3.63) is 42.1 Å². The average molecular weight is 239 g/mol. The zero-order chi connectivity index (χ0) is 12.7. The van der Waals surface area contributed by atoms with Gasteiger partial charge in [-0.25, -0.2) is 4.98 Å². The summed E-state index contributed by atoms with van der Waals surface area (Å²) in [7, 11) is 1.65. The zero-order valence-corrected chi connectivity index (χ0v) is 10.3. The maximum Gasteiger partial charge on any atom is 0.137 e. The van der Waals surface area contributed by atoms with E-state index < -0.39 is 0 Å². The number of hydrogen-bond acceptors (Lipinski definition) is 3. The van der Waals surface area contributed by atoms with Crippen LogP contribution >= 0.6 is 0 Å². The Morgan fingerprint density at radius 3 is 2.50 bits per heavy atom. The third kappa shape index (κ3) is 1.48. The molecule has 18 heavy (non-hydrogen) atoms. The molecular formula is C15H13NO2. The quantitative estimate of drug-likeness (QED) is 0.662. The SMILES string of the molecule is COc1cc2nc(C)c(O)cc2c2ccccc12. The molecule has 0 saturated carbocycles. The molecule has 0 fully saturated rings. The first-order valence-electron chi connectivity index (χ1n) is 5.77. The summed E-state index contributed by atoms with van der Waals surface area (Å²) in [6, 6.07) is 11.6. The van der Waals surface area contributed by atoms with Crippen molar-refractivity contribution in [2.24, 2.45) is 0 Å². The van der Waals surface area contributed by atoms with Crippen LogP contribution in [0.25, 0.3) is 21.7 Å². The number of aryl methyl sites for hydroxylation is 1. The summed E-state index contributed by atoms with van der Waals surface area (Å²) in [4.78, 5) is 4.40. The molecule has 0 aliphatic heterocycles. The summed E-state index contributed by atoms with van der Waals surface area (Å²) in [5.74, 6) is 1.02. The first-order valence-corrected chi connectivity index (χ1v) is 5.77. The Balaban J connectivity index is 2.55. The molecule has 0 atom stereocenters. The second-order valence-electron chi connectivity index (χ2n) is 4.28. The molecule has 1 N–H and O–H groups in total. The number of ether oxygens (including phenoxy) is 1. The molecule has 1 heterocycles. The average Bonchev–Trinajstić information content (AvgIpc) is 2.40. The monoisotopic (exact) mass is 239 g/mol. The van der Waals surface area contributed by atoms with Gasteiger partial charge in [0, 0.05) is 16.8 Å². The van der Waals surface area contributed by atoms with Crippen LogP contribution in [0.5, 0.6) is 11.5 Å². The first-order chi connectivity index (χ1) is 8.70. The van der Waals surface area contributed by atoms with E-state index in [4.69, 9.17) is 4.74 Å². The zero-order valence-electron chi connectivity index (χ0n) is 10.3. The Morgan fingerprint density at radius 1 is 1.06 bits per heavy atom. The predicted octanol–water partition coefficient (Wildman–Crippen LogP) is 3.41. The molecule has 0 aliphatic carbocycles. The summed E-state index contributed by atoms with van der Waals surface area (Å²) in [6.07, 6.45) is 0. The van der Waals surface area contributed by atoms with Gasteiger partial charge in [-0.15, -0.1) is 0 Å². The van der Waals surface area contributed by atoms with Gasteiger partial charge in [-0.1, -0.05) is 24.3 Å². The highest BCUT2D eigenvalue weighted by Crippen LogP contribution is 2.34. The second kappa shape index (κ2) is 3.88. The van der Waals surface area contributed by atoms with E-state index in [1.54, 1.807) is 20.1 Å². The number of rotatable bonds is 1. The van der Waals surface area contributed by atoms with Crippen molar-refractivity contribution in [3.8, 4) is 11.5 Å². The molecule has 3 heteroatoms. The Morgan fingerprint density at radius 2 is 1.78 bits per heavy atom. The highest BCUT2D eigenvalue weighted by atomic mass is 16.5. The summed E-state index contributed by atoms with van der Waals surface area (Å²) in [5, 5.41) is 12.8. The van der Waals surface area contributed by atoms with Crippen LogP contribution < -0.4 is 4.74 Å². The summed E-state index contributed by atoms with van der Waals surface area (Å²) in [6.45, 7) is 1.79. The fourth-order valence-corrected chi connectivity index (χ4v) is 2.24. The number of nitrogens with zero attached hydrogens (tertiary/aromatic N) is 1. The molecule has 0 unspecified atom stereocenters. The van der Waals surface area contributed by atoms with E-state index >= 15 is 0 Å². The number of fused-ring (bicyclic) bond motifs is 3. The molecule has 0 amide bonds. The predicted molar refractivity (Wildman–Crippen MR) is 72.2 cm³/mol. The number of aromatic hydroxyl groups is 1. The van der Waals surface area contributed by atoms with Gasteiger partial charge in [-0.2, -0.15) is 0 Å². The minimum absolute atomic E-state index is 0.220. The topological polar surface area (TPSA) is 42.4 Å². The van der Waals surface area contributed by atoms with Crippen molar-refractivity contribution in [2.75, 3.05) is 7.11 Å². The molecule has 0 aliphatic rings. The number of benzene rings is 2. The van der Waals surface area contributed by atoms with Crippen molar-refractivity contribution in [1.29, 1.82) is 0 Å². The molecule has 1 aromatic heterocycles. The Hall–Kier alpha value is -2.29. The summed E-state index contributed by atoms with van der Waals surface area (Å²) >= 11 is 0. The minimum Gasteiger partial charge on any atom is -0.506 e. The largest absolute Gasteiger partial charge is 0.506 e. The molecule has 3 nitrogen and oxygen atoms in total. The molecule has 2 aromatic carbocycles. The van der Waals surface area contributed by atoms with E-state index in [1.165, 1.54) is 0 Å². The van der Waals surface area contributed by atoms with Crippen LogP contribution in [0.15, 0.2) is 36.4 Å². The lowest BCUT2D eigenvalue weighted by Crippen LogP contribution is -1.90. The first kappa shape index (κ1) is 10.8. The van der Waals surface area contributed by atoms with Crippen molar-refractivity contribution < 1.29 is 9.84 Å². The van der Waals surface area contributed by atoms with Gasteiger partial charge in [-0.05, 0) is 18.4 Å². The van der Waals surface area contributed by atoms with E-state index in [1.807, 2.05) is 30.3 Å². The van der Waals surface area contributed by atoms with Gasteiger partial charge in [0.1, 0.15) is 11.5 Å². The molecule has 90 valence electrons. The van der Waals surface area contributed by atoms with E-state index in [-0.39, 0.29) is 5.75 Å². The Kier molecular flexibility index (Phi) is 2.33. The molecular weight excluding hydrogens is 226 g/mol. The highest BCUT2D eigenvalue weighted by Gasteiger charge is 2.09. The van der Waals surface area contributed by atoms with Gasteiger partial charge in [-0.3, -0.25) is 0 Å². The van der Waals surface area contributed by atoms with Crippen molar-refractivity contribution in [3.63, 3.8) is 0 Å². The Labute approximate surface area is 105 Å². The van der Waals surface area contributed by atoms with Crippen LogP contribution in [0.1, 0.15) is 5.69 Å². The van der Waals surface area contributed by atoms with Gasteiger partial charge in [0.05, 0.1) is 18.3 Å². The Bertz CT molecular complexity index is 750. The van der Waals surface area contributed by atoms with Crippen LogP contribution in [-0.2, 0) is 0 Å². The van der Waals surface area contributed by atoms with Crippen molar-refractivity contribution in [1.82, 2.24) is 4.98 Å². The van der Waals surface area contributed by atoms with E-state index in [0.717, 1.165) is 27.4 Å². The van der Waals surface area contributed by atoms with Crippen LogP contribution in [0.2, 0.25) is 0 Å². The molecule has 3 rings (SSSR count). The number of aromatic nitrogens is 1. The van der Waals surface area contributed by atoms with Crippen molar-refractivity contribution >= 4 is 21.7 Å². The highest BCUT2D eigenvalue weighted by molar-refractivity contribution is 6.09. The second-order valence-corrected chi connectivity index (χ2v) is 4.28. The normalized spacial score (nSPS) is 11.0. The molecule has 0 bridgehead atoms. The number of hydrogen-bond donors (Lipinski definition) is 1. The molecule has 0 saturated heterocycles. The molecule has 0 spiro atoms. The minimum atomic E-state index is 0.220. The van der Waals surface area contributed by atoms with Gasteiger partial charge in [0.2, 0.25) is 0 Å². The lowest BCUT2D eigenvalue weighted by Gasteiger charge is -2.10. The van der Waals surface area contributed by atoms with E-state index in [9.17, 15) is 5.11 Å². The van der Waals surface area contributed by atoms with Gasteiger partial charge in [0.15, 0.2) is 0 Å². The smallest absolute Gasteiger partial charge is 0.137 e. The van der Waals surface area contributed by atoms with Crippen LogP contribution in [0.4, 0.5) is 0 Å². The number of methoxy groups -OCH3 is 1. The van der Waals surface area contributed by atoms with Crippen LogP contribution in [0, 0.1) is 6.92 Å². The fraction of sp³-hybridized carbons (Fsp3) is 0.133. The van der Waals surface area contributed by atoms with E-state index in [0.29, 0.717) is 5.69 Å². The third-order valence-corrected chi connectivity index (χ3v) is 3.19. The summed E-state index contributed by atoms with van der Waals surface area (Å²) < 4.78 is 5.40. The van der Waals surface area contributed by atoms with Gasteiger partial charge in [0.25, 0.3) is 0 Å². The van der Waals surface area contributed by atoms with Crippen LogP contribution in [-0.4, -0.2) is 17.2 Å². The maximum absolute atomic E-state index is 9.81. The molecule has 0 radical (unpaired) electrons. The lowest BCUT2D eigenvalue weighted by molar-refractivity contribution is 0.420. The lowest BCUT2D eigenvalue weighted by atomic mass is 10.0. The van der Waals surface area contributed by atoms with E-state index in [2.05, 4.69) is 4.98 Å².